The maximum atomic E-state index is 6.06. The number of hydrogen-bond donors (Lipinski definition) is 2. The fourth-order valence-electron chi connectivity index (χ4n) is 1.91. The van der Waals surface area contributed by atoms with Crippen LogP contribution in [-0.4, -0.2) is 25.1 Å². The highest BCUT2D eigenvalue weighted by atomic mass is 16.5. The summed E-state index contributed by atoms with van der Waals surface area (Å²) in [7, 11) is 0. The van der Waals surface area contributed by atoms with Gasteiger partial charge in [-0.05, 0) is 18.6 Å². The number of nitrogens with zero attached hydrogens (tertiary/aromatic N) is 4. The number of hydrogen-bond acceptors (Lipinski definition) is 6. The molecule has 7 nitrogen and oxygen atoms in total. The molecule has 3 rings (SSSR count). The summed E-state index contributed by atoms with van der Waals surface area (Å²) in [4.78, 5) is 15.4. The fourth-order valence-corrected chi connectivity index (χ4v) is 1.91. The molecule has 0 aliphatic heterocycles. The summed E-state index contributed by atoms with van der Waals surface area (Å²) in [5.41, 5.74) is 8.86. The van der Waals surface area contributed by atoms with Crippen molar-refractivity contribution in [3.05, 3.63) is 48.1 Å². The van der Waals surface area contributed by atoms with Crippen molar-refractivity contribution in [2.24, 2.45) is 5.73 Å². The van der Waals surface area contributed by atoms with Gasteiger partial charge in [0.05, 0.1) is 12.4 Å². The molecule has 7 heteroatoms. The molecule has 1 atom stereocenters. The second-order valence-electron chi connectivity index (χ2n) is 4.53. The number of aromatic amines is 1. The number of aromatic nitrogens is 5. The zero-order chi connectivity index (χ0) is 13.9. The molecule has 0 bridgehead atoms. The minimum absolute atomic E-state index is 0.367. The predicted molar refractivity (Wildman–Crippen MR) is 71.5 cm³/mol. The van der Waals surface area contributed by atoms with Crippen molar-refractivity contribution < 1.29 is 4.52 Å². The summed E-state index contributed by atoms with van der Waals surface area (Å²) in [6.45, 7) is 1.97. The summed E-state index contributed by atoms with van der Waals surface area (Å²) in [6, 6.07) is 1.53. The third kappa shape index (κ3) is 2.43. The molecule has 3 aromatic heterocycles. The number of nitrogens with one attached hydrogen (secondary N) is 1. The highest BCUT2D eigenvalue weighted by Gasteiger charge is 2.17. The van der Waals surface area contributed by atoms with E-state index in [1.807, 2.05) is 13.0 Å². The van der Waals surface area contributed by atoms with Crippen molar-refractivity contribution in [2.75, 3.05) is 0 Å². The first-order valence-electron chi connectivity index (χ1n) is 6.21. The van der Waals surface area contributed by atoms with Crippen LogP contribution in [0.25, 0.3) is 11.4 Å². The number of nitrogens with two attached hydrogens (primary N) is 1. The topological polar surface area (TPSA) is 107 Å². The van der Waals surface area contributed by atoms with Crippen LogP contribution in [0, 0.1) is 6.92 Å². The van der Waals surface area contributed by atoms with Crippen LogP contribution in [0.2, 0.25) is 0 Å². The lowest BCUT2D eigenvalue weighted by molar-refractivity contribution is 0.354. The molecule has 102 valence electrons. The van der Waals surface area contributed by atoms with E-state index < -0.39 is 0 Å². The van der Waals surface area contributed by atoms with Gasteiger partial charge in [0.25, 0.3) is 0 Å². The van der Waals surface area contributed by atoms with Gasteiger partial charge in [-0.2, -0.15) is 4.98 Å². The molecule has 0 aliphatic carbocycles. The van der Waals surface area contributed by atoms with Gasteiger partial charge in [-0.15, -0.1) is 0 Å². The summed E-state index contributed by atoms with van der Waals surface area (Å²) in [5, 5.41) is 3.97. The van der Waals surface area contributed by atoms with Crippen molar-refractivity contribution in [3.8, 4) is 11.4 Å². The Balaban J connectivity index is 1.81. The Morgan fingerprint density at radius 2 is 2.25 bits per heavy atom. The number of aryl methyl sites for hydroxylation is 1. The van der Waals surface area contributed by atoms with Gasteiger partial charge in [0.1, 0.15) is 0 Å². The average molecular weight is 270 g/mol. The van der Waals surface area contributed by atoms with Gasteiger partial charge in [-0.1, -0.05) is 5.16 Å². The van der Waals surface area contributed by atoms with Gasteiger partial charge < -0.3 is 15.2 Å². The van der Waals surface area contributed by atoms with Crippen molar-refractivity contribution in [2.45, 2.75) is 19.4 Å². The number of pyridine rings is 1. The van der Waals surface area contributed by atoms with Gasteiger partial charge in [0, 0.05) is 36.3 Å². The molecule has 3 N–H and O–H groups in total. The first-order chi connectivity index (χ1) is 9.74. The molecule has 0 amide bonds. The first-order valence-corrected chi connectivity index (χ1v) is 6.21. The van der Waals surface area contributed by atoms with Crippen LogP contribution in [0.3, 0.4) is 0 Å². The van der Waals surface area contributed by atoms with E-state index in [-0.39, 0.29) is 6.04 Å². The van der Waals surface area contributed by atoms with Crippen molar-refractivity contribution >= 4 is 0 Å². The molecule has 3 heterocycles. The van der Waals surface area contributed by atoms with Crippen molar-refractivity contribution in [3.63, 3.8) is 0 Å². The third-order valence-electron chi connectivity index (χ3n) is 3.03. The molecule has 0 fully saturated rings. The highest BCUT2D eigenvalue weighted by molar-refractivity contribution is 5.57. The van der Waals surface area contributed by atoms with Crippen LogP contribution >= 0.6 is 0 Å². The lowest BCUT2D eigenvalue weighted by Gasteiger charge is -2.03. The smallest absolute Gasteiger partial charge is 0.244 e. The minimum Gasteiger partial charge on any atom is -0.348 e. The van der Waals surface area contributed by atoms with Crippen LogP contribution in [0.5, 0.6) is 0 Å². The molecule has 0 spiro atoms. The molecule has 0 radical (unpaired) electrons. The lowest BCUT2D eigenvalue weighted by atomic mass is 10.1. The zero-order valence-electron chi connectivity index (χ0n) is 10.9. The van der Waals surface area contributed by atoms with Gasteiger partial charge in [0.2, 0.25) is 11.7 Å². The van der Waals surface area contributed by atoms with E-state index in [1.54, 1.807) is 24.9 Å². The van der Waals surface area contributed by atoms with Crippen LogP contribution in [-0.2, 0) is 6.42 Å². The van der Waals surface area contributed by atoms with Crippen LogP contribution < -0.4 is 5.73 Å². The summed E-state index contributed by atoms with van der Waals surface area (Å²) >= 11 is 0. The molecule has 0 unspecified atom stereocenters. The van der Waals surface area contributed by atoms with E-state index in [2.05, 4.69) is 25.1 Å². The largest absolute Gasteiger partial charge is 0.348 e. The molecule has 0 saturated carbocycles. The molecule has 20 heavy (non-hydrogen) atoms. The molecular weight excluding hydrogens is 256 g/mol. The molecular formula is C13H14N6O. The normalized spacial score (nSPS) is 12.5. The highest BCUT2D eigenvalue weighted by Crippen LogP contribution is 2.21. The van der Waals surface area contributed by atoms with Crippen LogP contribution in [0.4, 0.5) is 0 Å². The second kappa shape index (κ2) is 5.22. The van der Waals surface area contributed by atoms with Gasteiger partial charge in [-0.25, -0.2) is 4.98 Å². The standard InChI is InChI=1S/C13H14N6O/c1-8-2-3-15-6-10(8)12-18-13(20-19-12)11(14)4-9-5-16-7-17-9/h2-3,5-7,11H,4,14H2,1H3,(H,16,17)/t11-/m1/s1. The molecule has 3 aromatic rings. The predicted octanol–water partition coefficient (Wildman–Crippen LogP) is 1.41. The first kappa shape index (κ1) is 12.5. The number of rotatable bonds is 4. The Hall–Kier alpha value is -2.54. The molecule has 0 aliphatic rings. The molecule has 0 aromatic carbocycles. The molecule has 0 saturated heterocycles. The Morgan fingerprint density at radius 1 is 1.35 bits per heavy atom. The van der Waals surface area contributed by atoms with Gasteiger partial charge >= 0.3 is 0 Å². The quantitative estimate of drug-likeness (QED) is 0.742. The minimum atomic E-state index is -0.367. The van der Waals surface area contributed by atoms with Crippen LogP contribution in [0.15, 0.2) is 35.5 Å². The Bertz CT molecular complexity index is 690. The lowest BCUT2D eigenvalue weighted by Crippen LogP contribution is -2.14. The van der Waals surface area contributed by atoms with Crippen molar-refractivity contribution in [1.29, 1.82) is 0 Å². The Labute approximate surface area is 115 Å². The summed E-state index contributed by atoms with van der Waals surface area (Å²) in [6.07, 6.45) is 7.34. The zero-order valence-corrected chi connectivity index (χ0v) is 10.9. The summed E-state index contributed by atoms with van der Waals surface area (Å²) in [5.74, 6) is 0.906. The summed E-state index contributed by atoms with van der Waals surface area (Å²) < 4.78 is 5.24. The fraction of sp³-hybridized carbons (Fsp3) is 0.231. The van der Waals surface area contributed by atoms with E-state index in [0.29, 0.717) is 18.1 Å². The Morgan fingerprint density at radius 3 is 3.00 bits per heavy atom. The Kier molecular flexibility index (Phi) is 3.26. The maximum Gasteiger partial charge on any atom is 0.244 e. The third-order valence-corrected chi connectivity index (χ3v) is 3.03. The van der Waals surface area contributed by atoms with Gasteiger partial charge in [0.15, 0.2) is 0 Å². The van der Waals surface area contributed by atoms with Crippen molar-refractivity contribution in [1.82, 2.24) is 25.1 Å². The maximum absolute atomic E-state index is 6.06. The van der Waals surface area contributed by atoms with E-state index in [0.717, 1.165) is 16.8 Å². The van der Waals surface area contributed by atoms with E-state index >= 15 is 0 Å². The van der Waals surface area contributed by atoms with Gasteiger partial charge in [-0.3, -0.25) is 4.98 Å². The van der Waals surface area contributed by atoms with E-state index in [4.69, 9.17) is 10.3 Å². The monoisotopic (exact) mass is 270 g/mol. The van der Waals surface area contributed by atoms with E-state index in [9.17, 15) is 0 Å². The van der Waals surface area contributed by atoms with Crippen LogP contribution in [0.1, 0.15) is 23.2 Å². The van der Waals surface area contributed by atoms with E-state index in [1.165, 1.54) is 0 Å². The number of H-pyrrole nitrogens is 1. The SMILES string of the molecule is Cc1ccncc1-c1noc([C@H](N)Cc2cnc[nH]2)n1. The average Bonchev–Trinajstić information content (AvgIpc) is 3.10. The number of imidazole rings is 1. The second-order valence-corrected chi connectivity index (χ2v) is 4.53.